The third kappa shape index (κ3) is 2.14. The number of anilines is 1. The number of hydrogen-bond donors (Lipinski definition) is 2. The van der Waals surface area contributed by atoms with E-state index in [1.54, 1.807) is 12.4 Å². The molecule has 0 radical (unpaired) electrons. The number of amides is 1. The van der Waals surface area contributed by atoms with Crippen LogP contribution in [0.1, 0.15) is 19.8 Å². The fraction of sp³-hybridized carbons (Fsp3) is 0.214. The number of nitrogens with one attached hydrogen (secondary N) is 2. The molecule has 0 saturated carbocycles. The van der Waals surface area contributed by atoms with E-state index in [1.165, 1.54) is 0 Å². The van der Waals surface area contributed by atoms with Crippen molar-refractivity contribution in [3.8, 4) is 0 Å². The lowest BCUT2D eigenvalue weighted by Crippen LogP contribution is -2.13. The Labute approximate surface area is 110 Å². The van der Waals surface area contributed by atoms with Crippen LogP contribution in [-0.2, 0) is 4.79 Å². The Bertz CT molecular complexity index is 747. The van der Waals surface area contributed by atoms with Gasteiger partial charge in [-0.15, -0.1) is 0 Å². The molecule has 3 aromatic rings. The van der Waals surface area contributed by atoms with Gasteiger partial charge in [0.2, 0.25) is 11.9 Å². The van der Waals surface area contributed by atoms with Gasteiger partial charge in [-0.05, 0) is 24.6 Å². The minimum Gasteiger partial charge on any atom is -0.325 e. The monoisotopic (exact) mass is 254 g/mol. The molecule has 0 unspecified atom stereocenters. The minimum atomic E-state index is -0.0262. The van der Waals surface area contributed by atoms with Gasteiger partial charge in [-0.25, -0.2) is 4.98 Å². The summed E-state index contributed by atoms with van der Waals surface area (Å²) in [7, 11) is 0. The molecule has 19 heavy (non-hydrogen) atoms. The van der Waals surface area contributed by atoms with Crippen molar-refractivity contribution in [1.82, 2.24) is 15.0 Å². The summed E-state index contributed by atoms with van der Waals surface area (Å²) in [5.41, 5.74) is 1.88. The van der Waals surface area contributed by atoms with Crippen LogP contribution in [0.4, 0.5) is 5.95 Å². The van der Waals surface area contributed by atoms with E-state index in [9.17, 15) is 4.79 Å². The summed E-state index contributed by atoms with van der Waals surface area (Å²) in [5, 5.41) is 4.82. The van der Waals surface area contributed by atoms with E-state index < -0.39 is 0 Å². The molecule has 2 aromatic heterocycles. The number of carbonyl (C=O) groups is 1. The van der Waals surface area contributed by atoms with E-state index in [-0.39, 0.29) is 5.91 Å². The average molecular weight is 254 g/mol. The number of hydrogen-bond acceptors (Lipinski definition) is 3. The quantitative estimate of drug-likeness (QED) is 0.755. The number of carbonyl (C=O) groups excluding carboxylic acids is 1. The van der Waals surface area contributed by atoms with Gasteiger partial charge in [0.05, 0.1) is 11.0 Å². The lowest BCUT2D eigenvalue weighted by molar-refractivity contribution is -0.116. The van der Waals surface area contributed by atoms with Crippen molar-refractivity contribution in [3.63, 3.8) is 0 Å². The summed E-state index contributed by atoms with van der Waals surface area (Å²) in [5.74, 6) is 0.450. The normalized spacial score (nSPS) is 11.0. The fourth-order valence-electron chi connectivity index (χ4n) is 2.13. The second-order valence-electron chi connectivity index (χ2n) is 4.43. The number of rotatable bonds is 3. The van der Waals surface area contributed by atoms with Crippen molar-refractivity contribution in [2.24, 2.45) is 0 Å². The zero-order valence-corrected chi connectivity index (χ0v) is 10.6. The standard InChI is InChI=1S/C14H14N4O/c1-2-3-13(19)18-14-16-8-10-9-6-7-15-11(9)4-5-12(10)17-14/h4-8H,2-3H2,1H3,(H2,16,17,18,19). The van der Waals surface area contributed by atoms with Crippen LogP contribution in [0.15, 0.2) is 30.6 Å². The van der Waals surface area contributed by atoms with Crippen molar-refractivity contribution in [2.45, 2.75) is 19.8 Å². The number of aromatic nitrogens is 3. The van der Waals surface area contributed by atoms with Crippen LogP contribution in [0.25, 0.3) is 21.8 Å². The number of H-pyrrole nitrogens is 1. The van der Waals surface area contributed by atoms with Gasteiger partial charge in [-0.3, -0.25) is 15.1 Å². The highest BCUT2D eigenvalue weighted by Crippen LogP contribution is 2.23. The number of nitrogens with zero attached hydrogens (tertiary/aromatic N) is 2. The van der Waals surface area contributed by atoms with Gasteiger partial charge in [0, 0.05) is 29.6 Å². The van der Waals surface area contributed by atoms with E-state index in [4.69, 9.17) is 0 Å². The molecule has 1 aromatic carbocycles. The predicted molar refractivity (Wildman–Crippen MR) is 74.9 cm³/mol. The molecule has 0 aliphatic rings. The third-order valence-corrected chi connectivity index (χ3v) is 3.03. The molecule has 0 aliphatic carbocycles. The van der Waals surface area contributed by atoms with Crippen molar-refractivity contribution in [1.29, 1.82) is 0 Å². The molecule has 0 bridgehead atoms. The molecule has 2 heterocycles. The average Bonchev–Trinajstić information content (AvgIpc) is 2.87. The molecular formula is C14H14N4O. The zero-order valence-electron chi connectivity index (χ0n) is 10.6. The van der Waals surface area contributed by atoms with Gasteiger partial charge in [0.25, 0.3) is 0 Å². The first kappa shape index (κ1) is 11.6. The van der Waals surface area contributed by atoms with Crippen LogP contribution >= 0.6 is 0 Å². The maximum absolute atomic E-state index is 11.5. The maximum Gasteiger partial charge on any atom is 0.226 e. The van der Waals surface area contributed by atoms with Crippen molar-refractivity contribution in [3.05, 3.63) is 30.6 Å². The predicted octanol–water partition coefficient (Wildman–Crippen LogP) is 2.85. The zero-order chi connectivity index (χ0) is 13.2. The Morgan fingerprint density at radius 2 is 2.16 bits per heavy atom. The summed E-state index contributed by atoms with van der Waals surface area (Å²) in [4.78, 5) is 23.2. The van der Waals surface area contributed by atoms with Crippen molar-refractivity contribution >= 4 is 33.7 Å². The largest absolute Gasteiger partial charge is 0.325 e. The fourth-order valence-corrected chi connectivity index (χ4v) is 2.13. The first-order valence-corrected chi connectivity index (χ1v) is 6.30. The van der Waals surface area contributed by atoms with Crippen LogP contribution in [-0.4, -0.2) is 20.9 Å². The first-order valence-electron chi connectivity index (χ1n) is 6.30. The van der Waals surface area contributed by atoms with Crippen molar-refractivity contribution < 1.29 is 4.79 Å². The topological polar surface area (TPSA) is 70.7 Å². The van der Waals surface area contributed by atoms with Crippen molar-refractivity contribution in [2.75, 3.05) is 5.32 Å². The SMILES string of the molecule is CCCC(=O)Nc1ncc2c(ccc3nccc32)[nH]1. The summed E-state index contributed by atoms with van der Waals surface area (Å²) < 4.78 is 0. The smallest absolute Gasteiger partial charge is 0.226 e. The lowest BCUT2D eigenvalue weighted by Gasteiger charge is -2.06. The highest BCUT2D eigenvalue weighted by atomic mass is 16.1. The number of fused-ring (bicyclic) bond motifs is 3. The minimum absolute atomic E-state index is 0.0262. The Kier molecular flexibility index (Phi) is 2.87. The molecule has 0 spiro atoms. The van der Waals surface area contributed by atoms with Gasteiger partial charge >= 0.3 is 0 Å². The first-order chi connectivity index (χ1) is 9.28. The van der Waals surface area contributed by atoms with E-state index in [1.807, 2.05) is 25.1 Å². The number of aromatic amines is 1. The van der Waals surface area contributed by atoms with E-state index in [2.05, 4.69) is 20.3 Å². The maximum atomic E-state index is 11.5. The summed E-state index contributed by atoms with van der Waals surface area (Å²) in [6, 6.07) is 5.86. The molecule has 2 N–H and O–H groups in total. The van der Waals surface area contributed by atoms with Crippen LogP contribution in [0.2, 0.25) is 0 Å². The highest BCUT2D eigenvalue weighted by Gasteiger charge is 2.06. The second kappa shape index (κ2) is 4.68. The third-order valence-electron chi connectivity index (χ3n) is 3.03. The van der Waals surface area contributed by atoms with Crippen LogP contribution in [0.3, 0.4) is 0 Å². The molecule has 96 valence electrons. The van der Waals surface area contributed by atoms with Crippen LogP contribution < -0.4 is 5.32 Å². The van der Waals surface area contributed by atoms with Gasteiger partial charge in [-0.2, -0.15) is 0 Å². The second-order valence-corrected chi connectivity index (χ2v) is 4.43. The van der Waals surface area contributed by atoms with Crippen LogP contribution in [0, 0.1) is 0 Å². The molecule has 0 fully saturated rings. The molecular weight excluding hydrogens is 240 g/mol. The van der Waals surface area contributed by atoms with E-state index in [0.717, 1.165) is 28.2 Å². The highest BCUT2D eigenvalue weighted by molar-refractivity contribution is 6.05. The van der Waals surface area contributed by atoms with E-state index in [0.29, 0.717) is 12.4 Å². The Morgan fingerprint density at radius 3 is 3.00 bits per heavy atom. The summed E-state index contributed by atoms with van der Waals surface area (Å²) in [6.07, 6.45) is 4.86. The summed E-state index contributed by atoms with van der Waals surface area (Å²) >= 11 is 0. The molecule has 0 aliphatic heterocycles. The van der Waals surface area contributed by atoms with Gasteiger partial charge in [0.15, 0.2) is 0 Å². The Hall–Kier alpha value is -2.43. The van der Waals surface area contributed by atoms with Gasteiger partial charge in [0.1, 0.15) is 0 Å². The number of benzene rings is 1. The molecule has 0 atom stereocenters. The lowest BCUT2D eigenvalue weighted by atomic mass is 10.1. The summed E-state index contributed by atoms with van der Waals surface area (Å²) in [6.45, 7) is 1.97. The molecule has 5 heteroatoms. The molecule has 0 saturated heterocycles. The Balaban J connectivity index is 2.01. The molecule has 5 nitrogen and oxygen atoms in total. The van der Waals surface area contributed by atoms with Gasteiger partial charge in [-0.1, -0.05) is 6.92 Å². The van der Waals surface area contributed by atoms with E-state index >= 15 is 0 Å². The van der Waals surface area contributed by atoms with Gasteiger partial charge < -0.3 is 4.98 Å². The molecule has 1 amide bonds. The molecule has 3 rings (SSSR count). The Morgan fingerprint density at radius 1 is 1.26 bits per heavy atom. The van der Waals surface area contributed by atoms with Crippen LogP contribution in [0.5, 0.6) is 0 Å².